The van der Waals surface area contributed by atoms with Crippen LogP contribution in [0.15, 0.2) is 48.5 Å². The van der Waals surface area contributed by atoms with Gasteiger partial charge in [-0.3, -0.25) is 9.89 Å². The molecule has 29 heavy (non-hydrogen) atoms. The van der Waals surface area contributed by atoms with Gasteiger partial charge in [0.05, 0.1) is 12.1 Å². The van der Waals surface area contributed by atoms with Gasteiger partial charge in [-0.1, -0.05) is 17.7 Å². The van der Waals surface area contributed by atoms with E-state index in [2.05, 4.69) is 20.4 Å². The van der Waals surface area contributed by atoms with Crippen molar-refractivity contribution in [2.24, 2.45) is 0 Å². The molecule has 0 saturated carbocycles. The van der Waals surface area contributed by atoms with Crippen molar-refractivity contribution in [3.05, 3.63) is 70.8 Å². The number of carbonyl (C=O) groups excluding carboxylic acids is 1. The number of aromatic nitrogens is 2. The Morgan fingerprint density at radius 3 is 2.79 bits per heavy atom. The van der Waals surface area contributed by atoms with Crippen molar-refractivity contribution < 1.29 is 13.6 Å². The van der Waals surface area contributed by atoms with Gasteiger partial charge in [0.2, 0.25) is 5.91 Å². The lowest BCUT2D eigenvalue weighted by Crippen LogP contribution is -2.38. The first-order valence-electron chi connectivity index (χ1n) is 9.28. The predicted molar refractivity (Wildman–Crippen MR) is 108 cm³/mol. The molecule has 1 atom stereocenters. The van der Waals surface area contributed by atoms with Gasteiger partial charge in [0.15, 0.2) is 5.82 Å². The number of rotatable bonds is 5. The minimum Gasteiger partial charge on any atom is -0.353 e. The fraction of sp³-hybridized carbons (Fsp3) is 0.238. The second kappa shape index (κ2) is 8.21. The summed E-state index contributed by atoms with van der Waals surface area (Å²) in [6.07, 6.45) is 0.661. The van der Waals surface area contributed by atoms with Crippen LogP contribution in [0.5, 0.6) is 0 Å². The molecule has 4 rings (SSSR count). The molecule has 150 valence electrons. The molecule has 0 unspecified atom stereocenters. The molecule has 2 N–H and O–H groups in total. The molecule has 1 aliphatic rings. The maximum atomic E-state index is 13.9. The Kier molecular flexibility index (Phi) is 5.49. The van der Waals surface area contributed by atoms with Gasteiger partial charge >= 0.3 is 0 Å². The van der Waals surface area contributed by atoms with E-state index in [1.807, 2.05) is 6.07 Å². The van der Waals surface area contributed by atoms with Gasteiger partial charge in [0.25, 0.3) is 0 Å². The van der Waals surface area contributed by atoms with Crippen molar-refractivity contribution in [3.8, 4) is 11.3 Å². The largest absolute Gasteiger partial charge is 0.353 e. The summed E-state index contributed by atoms with van der Waals surface area (Å²) in [5, 5.41) is 10.5. The zero-order chi connectivity index (χ0) is 20.4. The van der Waals surface area contributed by atoms with E-state index in [1.165, 1.54) is 24.3 Å². The second-order valence-electron chi connectivity index (χ2n) is 7.02. The molecule has 2 heterocycles. The number of halogens is 3. The Hall–Kier alpha value is -2.93. The van der Waals surface area contributed by atoms with Crippen molar-refractivity contribution in [1.82, 2.24) is 15.5 Å². The number of nitrogens with zero attached hydrogens (tertiary/aromatic N) is 2. The third-order valence-electron chi connectivity index (χ3n) is 5.00. The van der Waals surface area contributed by atoms with E-state index in [9.17, 15) is 13.6 Å². The van der Waals surface area contributed by atoms with Gasteiger partial charge in [-0.25, -0.2) is 8.78 Å². The Bertz CT molecular complexity index is 1000. The number of carbonyl (C=O) groups is 1. The van der Waals surface area contributed by atoms with E-state index in [-0.39, 0.29) is 34.8 Å². The quantitative estimate of drug-likeness (QED) is 0.662. The smallest absolute Gasteiger partial charge is 0.224 e. The standard InChI is InChI=1S/C21H19ClF2N4O/c22-17-2-1-3-18(24)16(17)10-21(29)25-15-8-9-28(12-15)20-11-19(26-27-20)13-4-6-14(23)7-5-13/h1-7,11,15H,8-10,12H2,(H,25,29)(H,26,27)/t15-/m0/s1. The summed E-state index contributed by atoms with van der Waals surface area (Å²) in [5.74, 6) is -0.273. The predicted octanol–water partition coefficient (Wildman–Crippen LogP) is 3.95. The Labute approximate surface area is 171 Å². The Balaban J connectivity index is 1.36. The molecule has 1 fully saturated rings. The number of hydrogen-bond donors (Lipinski definition) is 2. The van der Waals surface area contributed by atoms with Gasteiger partial charge in [0.1, 0.15) is 11.6 Å². The van der Waals surface area contributed by atoms with E-state index in [0.717, 1.165) is 30.0 Å². The van der Waals surface area contributed by atoms with Crippen LogP contribution in [0.3, 0.4) is 0 Å². The van der Waals surface area contributed by atoms with Crippen molar-refractivity contribution in [2.45, 2.75) is 18.9 Å². The number of anilines is 1. The van der Waals surface area contributed by atoms with E-state index < -0.39 is 5.82 Å². The highest BCUT2D eigenvalue weighted by molar-refractivity contribution is 6.31. The lowest BCUT2D eigenvalue weighted by Gasteiger charge is -2.16. The van der Waals surface area contributed by atoms with Crippen molar-refractivity contribution in [1.29, 1.82) is 0 Å². The fourth-order valence-electron chi connectivity index (χ4n) is 3.48. The molecule has 1 saturated heterocycles. The van der Waals surface area contributed by atoms with Gasteiger partial charge in [0, 0.05) is 35.8 Å². The number of H-pyrrole nitrogens is 1. The van der Waals surface area contributed by atoms with Crippen LogP contribution in [0.25, 0.3) is 11.3 Å². The lowest BCUT2D eigenvalue weighted by atomic mass is 10.1. The highest BCUT2D eigenvalue weighted by Crippen LogP contribution is 2.25. The SMILES string of the molecule is O=C(Cc1c(F)cccc1Cl)N[C@H]1CCN(c2cc(-c3ccc(F)cc3)[nH]n2)C1. The highest BCUT2D eigenvalue weighted by atomic mass is 35.5. The Morgan fingerprint density at radius 2 is 2.03 bits per heavy atom. The van der Waals surface area contributed by atoms with Gasteiger partial charge in [-0.2, -0.15) is 5.10 Å². The fourth-order valence-corrected chi connectivity index (χ4v) is 3.71. The van der Waals surface area contributed by atoms with Crippen molar-refractivity contribution in [3.63, 3.8) is 0 Å². The third-order valence-corrected chi connectivity index (χ3v) is 5.35. The number of benzene rings is 2. The molecule has 3 aromatic rings. The molecule has 1 amide bonds. The molecule has 1 aromatic heterocycles. The monoisotopic (exact) mass is 416 g/mol. The summed E-state index contributed by atoms with van der Waals surface area (Å²) in [4.78, 5) is 14.4. The second-order valence-corrected chi connectivity index (χ2v) is 7.43. The maximum absolute atomic E-state index is 13.9. The summed E-state index contributed by atoms with van der Waals surface area (Å²) in [6, 6.07) is 12.4. The number of nitrogens with one attached hydrogen (secondary N) is 2. The lowest BCUT2D eigenvalue weighted by molar-refractivity contribution is -0.121. The van der Waals surface area contributed by atoms with Gasteiger partial charge < -0.3 is 10.2 Å². The van der Waals surface area contributed by atoms with Crippen LogP contribution < -0.4 is 10.2 Å². The first-order valence-corrected chi connectivity index (χ1v) is 9.66. The maximum Gasteiger partial charge on any atom is 0.224 e. The first kappa shape index (κ1) is 19.4. The zero-order valence-electron chi connectivity index (χ0n) is 15.5. The summed E-state index contributed by atoms with van der Waals surface area (Å²) in [5.41, 5.74) is 1.84. The average Bonchev–Trinajstić information content (AvgIpc) is 3.35. The van der Waals surface area contributed by atoms with Crippen LogP contribution in [-0.2, 0) is 11.2 Å². The normalized spacial score (nSPS) is 16.2. The summed E-state index contributed by atoms with van der Waals surface area (Å²) >= 11 is 5.99. The summed E-state index contributed by atoms with van der Waals surface area (Å²) in [6.45, 7) is 1.34. The molecule has 1 aliphatic heterocycles. The Morgan fingerprint density at radius 1 is 1.24 bits per heavy atom. The highest BCUT2D eigenvalue weighted by Gasteiger charge is 2.26. The molecule has 2 aromatic carbocycles. The number of aromatic amines is 1. The minimum absolute atomic E-state index is 0.0565. The minimum atomic E-state index is -0.481. The van der Waals surface area contributed by atoms with Crippen LogP contribution in [0.1, 0.15) is 12.0 Å². The van der Waals surface area contributed by atoms with Crippen LogP contribution in [-0.4, -0.2) is 35.2 Å². The van der Waals surface area contributed by atoms with E-state index >= 15 is 0 Å². The van der Waals surface area contributed by atoms with Crippen molar-refractivity contribution >= 4 is 23.3 Å². The van der Waals surface area contributed by atoms with Crippen molar-refractivity contribution in [2.75, 3.05) is 18.0 Å². The summed E-state index contributed by atoms with van der Waals surface area (Å²) in [7, 11) is 0. The molecular weight excluding hydrogens is 398 g/mol. The number of hydrogen-bond acceptors (Lipinski definition) is 3. The van der Waals surface area contributed by atoms with Crippen LogP contribution in [0, 0.1) is 11.6 Å². The molecule has 0 radical (unpaired) electrons. The average molecular weight is 417 g/mol. The first-order chi connectivity index (χ1) is 14.0. The number of amides is 1. The van der Waals surface area contributed by atoms with Gasteiger partial charge in [-0.15, -0.1) is 0 Å². The topological polar surface area (TPSA) is 61.0 Å². The zero-order valence-corrected chi connectivity index (χ0v) is 16.2. The molecule has 0 aliphatic carbocycles. The molecule has 5 nitrogen and oxygen atoms in total. The van der Waals surface area contributed by atoms with E-state index in [1.54, 1.807) is 18.2 Å². The van der Waals surface area contributed by atoms with E-state index in [4.69, 9.17) is 11.6 Å². The van der Waals surface area contributed by atoms with Crippen LogP contribution in [0.4, 0.5) is 14.6 Å². The molecule has 8 heteroatoms. The van der Waals surface area contributed by atoms with E-state index in [0.29, 0.717) is 6.54 Å². The summed E-state index contributed by atoms with van der Waals surface area (Å²) < 4.78 is 27.0. The van der Waals surface area contributed by atoms with Crippen LogP contribution >= 0.6 is 11.6 Å². The molecular formula is C21H19ClF2N4O. The molecule has 0 spiro atoms. The van der Waals surface area contributed by atoms with Crippen LogP contribution in [0.2, 0.25) is 5.02 Å². The van der Waals surface area contributed by atoms with Gasteiger partial charge in [-0.05, 0) is 48.4 Å². The third kappa shape index (κ3) is 4.40. The molecule has 0 bridgehead atoms.